The minimum Gasteiger partial charge on any atom is -0.483 e. The Morgan fingerprint density at radius 2 is 2.29 bits per heavy atom. The van der Waals surface area contributed by atoms with Gasteiger partial charge < -0.3 is 4.74 Å². The van der Waals surface area contributed by atoms with Gasteiger partial charge in [-0.15, -0.1) is 0 Å². The topological polar surface area (TPSA) is 51.0 Å². The first kappa shape index (κ1) is 9.33. The van der Waals surface area contributed by atoms with Gasteiger partial charge in [-0.05, 0) is 0 Å². The fraction of sp³-hybridized carbons (Fsp3) is 0.222. The lowest BCUT2D eigenvalue weighted by Gasteiger charge is -2.20. The smallest absolute Gasteiger partial charge is 0.208 e. The zero-order chi connectivity index (χ0) is 10.1. The van der Waals surface area contributed by atoms with Gasteiger partial charge in [-0.1, -0.05) is 15.9 Å². The van der Waals surface area contributed by atoms with E-state index in [1.54, 1.807) is 0 Å². The number of halogens is 1. The van der Waals surface area contributed by atoms with Gasteiger partial charge in [0.25, 0.3) is 0 Å². The van der Waals surface area contributed by atoms with E-state index in [0.29, 0.717) is 17.2 Å². The van der Waals surface area contributed by atoms with E-state index < -0.39 is 0 Å². The molecule has 1 atom stereocenters. The molecule has 14 heavy (non-hydrogen) atoms. The van der Waals surface area contributed by atoms with Crippen LogP contribution in [0.1, 0.15) is 0 Å². The summed E-state index contributed by atoms with van der Waals surface area (Å²) in [6, 6.07) is 0. The predicted molar refractivity (Wildman–Crippen MR) is 56.8 cm³/mol. The molecule has 5 heteroatoms. The average molecular weight is 255 g/mol. The number of hydrogen-bond acceptors (Lipinski definition) is 4. The maximum Gasteiger partial charge on any atom is 0.208 e. The Bertz CT molecular complexity index is 407. The van der Waals surface area contributed by atoms with Crippen LogP contribution >= 0.6 is 15.9 Å². The number of fused-ring (bicyclic) bond motifs is 1. The number of hydrogen-bond donors (Lipinski definition) is 0. The number of aliphatic imine (C=N–C) groups is 2. The van der Waals surface area contributed by atoms with E-state index in [9.17, 15) is 4.79 Å². The van der Waals surface area contributed by atoms with Crippen molar-refractivity contribution in [2.75, 3.05) is 7.11 Å². The molecule has 1 unspecified atom stereocenters. The minimum atomic E-state index is -0.235. The molecule has 0 saturated carbocycles. The molecule has 0 aromatic heterocycles. The maximum atomic E-state index is 11.4. The van der Waals surface area contributed by atoms with E-state index in [-0.39, 0.29) is 10.6 Å². The van der Waals surface area contributed by atoms with E-state index in [4.69, 9.17) is 4.74 Å². The van der Waals surface area contributed by atoms with E-state index in [1.165, 1.54) is 25.6 Å². The van der Waals surface area contributed by atoms with Crippen LogP contribution in [0.3, 0.4) is 0 Å². The minimum absolute atomic E-state index is 0.0710. The van der Waals surface area contributed by atoms with Gasteiger partial charge >= 0.3 is 0 Å². The molecule has 0 bridgehead atoms. The molecule has 2 heterocycles. The Morgan fingerprint density at radius 1 is 1.50 bits per heavy atom. The molecule has 4 nitrogen and oxygen atoms in total. The highest BCUT2D eigenvalue weighted by molar-refractivity contribution is 9.10. The molecule has 2 aliphatic heterocycles. The van der Waals surface area contributed by atoms with Crippen molar-refractivity contribution in [3.05, 3.63) is 24.0 Å². The van der Waals surface area contributed by atoms with Crippen molar-refractivity contribution in [2.24, 2.45) is 9.98 Å². The molecule has 0 aliphatic carbocycles. The van der Waals surface area contributed by atoms with Crippen molar-refractivity contribution in [2.45, 2.75) is 4.83 Å². The predicted octanol–water partition coefficient (Wildman–Crippen LogP) is 1.23. The van der Waals surface area contributed by atoms with Crippen LogP contribution in [0.2, 0.25) is 0 Å². The number of carbonyl (C=O) groups excluding carboxylic acids is 1. The molecule has 0 aromatic carbocycles. The monoisotopic (exact) mass is 254 g/mol. The average Bonchev–Trinajstić information content (AvgIpc) is 2.20. The Hall–Kier alpha value is -1.23. The number of ether oxygens (including phenoxy) is 1. The zero-order valence-corrected chi connectivity index (χ0v) is 8.98. The van der Waals surface area contributed by atoms with E-state index in [0.717, 1.165) is 0 Å². The van der Waals surface area contributed by atoms with Crippen LogP contribution < -0.4 is 0 Å². The molecule has 0 N–H and O–H groups in total. The summed E-state index contributed by atoms with van der Waals surface area (Å²) in [4.78, 5) is 19.3. The van der Waals surface area contributed by atoms with E-state index in [1.807, 2.05) is 0 Å². The summed E-state index contributed by atoms with van der Waals surface area (Å²) in [6.45, 7) is 0. The van der Waals surface area contributed by atoms with Crippen molar-refractivity contribution >= 4 is 33.3 Å². The van der Waals surface area contributed by atoms with Crippen LogP contribution in [0.5, 0.6) is 0 Å². The second-order valence-corrected chi connectivity index (χ2v) is 3.69. The fourth-order valence-corrected chi connectivity index (χ4v) is 1.94. The summed E-state index contributed by atoms with van der Waals surface area (Å²) < 4.78 is 5.03. The number of ketones is 1. The van der Waals surface area contributed by atoms with Crippen LogP contribution in [0.25, 0.3) is 0 Å². The molecule has 0 fully saturated rings. The molecule has 72 valence electrons. The molecule has 0 amide bonds. The molecule has 2 aliphatic rings. The van der Waals surface area contributed by atoms with Crippen LogP contribution in [0.4, 0.5) is 0 Å². The molecule has 0 saturated heterocycles. The third-order valence-corrected chi connectivity index (χ3v) is 2.79. The lowest BCUT2D eigenvalue weighted by Crippen LogP contribution is -2.33. The molecular formula is C9H7BrN2O2. The van der Waals surface area contributed by atoms with Gasteiger partial charge in [0.2, 0.25) is 5.90 Å². The molecule has 2 rings (SSSR count). The summed E-state index contributed by atoms with van der Waals surface area (Å²) in [5, 5.41) is 0. The Kier molecular flexibility index (Phi) is 2.33. The first-order valence-corrected chi connectivity index (χ1v) is 4.90. The number of allylic oxidation sites excluding steroid dienone is 2. The number of alkyl halides is 1. The third kappa shape index (κ3) is 1.33. The Morgan fingerprint density at radius 3 is 3.00 bits per heavy atom. The van der Waals surface area contributed by atoms with Crippen molar-refractivity contribution < 1.29 is 9.53 Å². The largest absolute Gasteiger partial charge is 0.483 e. The van der Waals surface area contributed by atoms with Gasteiger partial charge in [0.15, 0.2) is 5.78 Å². The van der Waals surface area contributed by atoms with Crippen molar-refractivity contribution in [3.63, 3.8) is 0 Å². The third-order valence-electron chi connectivity index (χ3n) is 1.97. The van der Waals surface area contributed by atoms with Crippen LogP contribution in [-0.4, -0.2) is 29.3 Å². The quantitative estimate of drug-likeness (QED) is 0.611. The maximum absolute atomic E-state index is 11.4. The lowest BCUT2D eigenvalue weighted by molar-refractivity contribution is -0.111. The number of rotatable bonds is 0. The summed E-state index contributed by atoms with van der Waals surface area (Å²) in [6.07, 6.45) is 4.39. The van der Waals surface area contributed by atoms with Crippen LogP contribution in [0.15, 0.2) is 34.0 Å². The van der Waals surface area contributed by atoms with Crippen molar-refractivity contribution in [1.82, 2.24) is 0 Å². The second-order valence-electron chi connectivity index (χ2n) is 2.77. The Balaban J connectivity index is 2.46. The first-order chi connectivity index (χ1) is 6.74. The summed E-state index contributed by atoms with van der Waals surface area (Å²) in [5.74, 6) is 0.439. The highest BCUT2D eigenvalue weighted by atomic mass is 79.9. The van der Waals surface area contributed by atoms with Crippen molar-refractivity contribution in [1.29, 1.82) is 0 Å². The van der Waals surface area contributed by atoms with Crippen molar-refractivity contribution in [3.8, 4) is 0 Å². The summed E-state index contributed by atoms with van der Waals surface area (Å²) >= 11 is 3.37. The van der Waals surface area contributed by atoms with Crippen LogP contribution in [0, 0.1) is 0 Å². The van der Waals surface area contributed by atoms with E-state index >= 15 is 0 Å². The SMILES string of the molecule is COC1=NC=C2C(=O)C=CN=C2C1Br. The van der Waals surface area contributed by atoms with E-state index in [2.05, 4.69) is 25.9 Å². The normalized spacial score (nSPS) is 24.9. The Labute approximate surface area is 89.2 Å². The molecule has 0 aromatic rings. The highest BCUT2D eigenvalue weighted by Gasteiger charge is 2.30. The molecule has 0 spiro atoms. The summed E-state index contributed by atoms with van der Waals surface area (Å²) in [5.41, 5.74) is 1.18. The van der Waals surface area contributed by atoms with Gasteiger partial charge in [0.05, 0.1) is 18.4 Å². The van der Waals surface area contributed by atoms with Crippen LogP contribution in [-0.2, 0) is 9.53 Å². The highest BCUT2D eigenvalue weighted by Crippen LogP contribution is 2.21. The number of nitrogens with zero attached hydrogens (tertiary/aromatic N) is 2. The standard InChI is InChI=1S/C9H7BrN2O2/c1-14-9-7(10)8-5(4-12-9)6(13)2-3-11-8/h2-4,7H,1H3. The second kappa shape index (κ2) is 3.49. The zero-order valence-electron chi connectivity index (χ0n) is 7.40. The van der Waals surface area contributed by atoms with Gasteiger partial charge in [-0.3, -0.25) is 9.79 Å². The number of carbonyl (C=O) groups is 1. The summed E-state index contributed by atoms with van der Waals surface area (Å²) in [7, 11) is 1.53. The fourth-order valence-electron chi connectivity index (χ4n) is 1.27. The number of methoxy groups -OCH3 is 1. The van der Waals surface area contributed by atoms with Gasteiger partial charge in [0.1, 0.15) is 4.83 Å². The van der Waals surface area contributed by atoms with Gasteiger partial charge in [0, 0.05) is 18.5 Å². The van der Waals surface area contributed by atoms with Gasteiger partial charge in [-0.25, -0.2) is 4.99 Å². The first-order valence-electron chi connectivity index (χ1n) is 3.99. The molecule has 0 radical (unpaired) electrons. The molecular weight excluding hydrogens is 248 g/mol. The van der Waals surface area contributed by atoms with Gasteiger partial charge in [-0.2, -0.15) is 0 Å². The lowest BCUT2D eigenvalue weighted by atomic mass is 10.0.